The van der Waals surface area contributed by atoms with Gasteiger partial charge in [0, 0.05) is 16.8 Å². The van der Waals surface area contributed by atoms with E-state index in [0.29, 0.717) is 34.4 Å². The Kier molecular flexibility index (Phi) is 4.81. The first kappa shape index (κ1) is 16.5. The van der Waals surface area contributed by atoms with Crippen molar-refractivity contribution in [3.05, 3.63) is 47.0 Å². The van der Waals surface area contributed by atoms with Crippen LogP contribution in [0.1, 0.15) is 18.9 Å². The molecule has 3 rings (SSSR count). The molecule has 1 aliphatic rings. The van der Waals surface area contributed by atoms with Gasteiger partial charge in [-0.25, -0.2) is 0 Å². The number of hydrogen-bond acceptors (Lipinski definition) is 4. The first-order chi connectivity index (χ1) is 11.6. The van der Waals surface area contributed by atoms with E-state index in [1.807, 2.05) is 19.9 Å². The van der Waals surface area contributed by atoms with Crippen LogP contribution in [0.4, 0.5) is 5.69 Å². The summed E-state index contributed by atoms with van der Waals surface area (Å²) in [7, 11) is 0. The van der Waals surface area contributed by atoms with Crippen LogP contribution in [0.3, 0.4) is 0 Å². The summed E-state index contributed by atoms with van der Waals surface area (Å²) in [6.45, 7) is 3.98. The summed E-state index contributed by atoms with van der Waals surface area (Å²) in [6, 6.07) is 10.6. The minimum Gasteiger partial charge on any atom is -0.481 e. The van der Waals surface area contributed by atoms with Crippen LogP contribution in [0.5, 0.6) is 17.2 Å². The number of halogens is 1. The number of ether oxygens (including phenoxy) is 3. The number of amides is 1. The molecule has 0 bridgehead atoms. The van der Waals surface area contributed by atoms with Crippen LogP contribution < -0.4 is 19.5 Å². The summed E-state index contributed by atoms with van der Waals surface area (Å²) in [6.07, 6.45) is -0.0612. The lowest BCUT2D eigenvalue weighted by molar-refractivity contribution is -0.122. The van der Waals surface area contributed by atoms with E-state index in [1.54, 1.807) is 30.3 Å². The maximum Gasteiger partial charge on any atom is 0.265 e. The van der Waals surface area contributed by atoms with Gasteiger partial charge in [-0.05, 0) is 49.2 Å². The smallest absolute Gasteiger partial charge is 0.265 e. The Morgan fingerprint density at radius 1 is 1.25 bits per heavy atom. The highest BCUT2D eigenvalue weighted by molar-refractivity contribution is 6.31. The Morgan fingerprint density at radius 3 is 2.79 bits per heavy atom. The number of carbonyl (C=O) groups excluding carboxylic acids is 1. The van der Waals surface area contributed by atoms with E-state index in [1.165, 1.54) is 0 Å². The predicted octanol–water partition coefficient (Wildman–Crippen LogP) is 4.17. The van der Waals surface area contributed by atoms with E-state index >= 15 is 0 Å². The van der Waals surface area contributed by atoms with Gasteiger partial charge in [-0.3, -0.25) is 4.79 Å². The second-order valence-electron chi connectivity index (χ2n) is 5.48. The molecule has 5 nitrogen and oxygen atoms in total. The summed E-state index contributed by atoms with van der Waals surface area (Å²) in [5, 5.41) is 3.51. The molecule has 0 aromatic heterocycles. The molecule has 0 fully saturated rings. The van der Waals surface area contributed by atoms with Gasteiger partial charge in [0.15, 0.2) is 17.6 Å². The highest BCUT2D eigenvalue weighted by Gasteiger charge is 2.20. The fourth-order valence-corrected chi connectivity index (χ4v) is 2.49. The van der Waals surface area contributed by atoms with Gasteiger partial charge in [-0.2, -0.15) is 0 Å². The van der Waals surface area contributed by atoms with Gasteiger partial charge in [-0.15, -0.1) is 0 Å². The molecule has 1 heterocycles. The summed E-state index contributed by atoms with van der Waals surface area (Å²) >= 11 is 6.01. The summed E-state index contributed by atoms with van der Waals surface area (Å²) < 4.78 is 16.4. The fourth-order valence-electron chi connectivity index (χ4n) is 2.37. The Labute approximate surface area is 145 Å². The number of hydrogen-bond donors (Lipinski definition) is 1. The lowest BCUT2D eigenvalue weighted by Gasteiger charge is -2.18. The highest BCUT2D eigenvalue weighted by atomic mass is 35.5. The molecule has 126 valence electrons. The summed E-state index contributed by atoms with van der Waals surface area (Å²) in [5.74, 6) is 1.69. The molecule has 1 atom stereocenters. The van der Waals surface area contributed by atoms with Gasteiger partial charge in [0.25, 0.3) is 5.91 Å². The van der Waals surface area contributed by atoms with Gasteiger partial charge in [-0.1, -0.05) is 18.5 Å². The third kappa shape index (κ3) is 3.57. The van der Waals surface area contributed by atoms with E-state index in [9.17, 15) is 4.79 Å². The molecule has 2 aromatic rings. The quantitative estimate of drug-likeness (QED) is 0.881. The third-order valence-corrected chi connectivity index (χ3v) is 4.14. The van der Waals surface area contributed by atoms with Crippen LogP contribution in [0, 0.1) is 6.92 Å². The Bertz CT molecular complexity index is 763. The highest BCUT2D eigenvalue weighted by Crippen LogP contribution is 2.34. The zero-order valence-corrected chi connectivity index (χ0v) is 14.2. The Hall–Kier alpha value is -2.40. The average molecular weight is 348 g/mol. The van der Waals surface area contributed by atoms with Crippen LogP contribution >= 0.6 is 11.6 Å². The predicted molar refractivity (Wildman–Crippen MR) is 92.1 cm³/mol. The second kappa shape index (κ2) is 7.01. The third-order valence-electron chi connectivity index (χ3n) is 3.71. The molecule has 2 aromatic carbocycles. The van der Waals surface area contributed by atoms with Crippen molar-refractivity contribution < 1.29 is 19.0 Å². The summed E-state index contributed by atoms with van der Waals surface area (Å²) in [5.41, 5.74) is 1.54. The van der Waals surface area contributed by atoms with Crippen LogP contribution in [0.25, 0.3) is 0 Å². The van der Waals surface area contributed by atoms with Gasteiger partial charge in [0.2, 0.25) is 6.79 Å². The maximum atomic E-state index is 12.5. The SMILES string of the molecule is CC[C@@H](Oc1ccc(Cl)c(C)c1)C(=O)Nc1ccc2c(c1)OCO2. The molecule has 0 spiro atoms. The average Bonchev–Trinajstić information content (AvgIpc) is 3.03. The zero-order valence-electron chi connectivity index (χ0n) is 13.5. The number of nitrogens with one attached hydrogen (secondary N) is 1. The molecule has 0 unspecified atom stereocenters. The molecule has 24 heavy (non-hydrogen) atoms. The molecular formula is C18H18ClNO4. The number of rotatable bonds is 5. The minimum atomic E-state index is -0.601. The first-order valence-electron chi connectivity index (χ1n) is 7.70. The molecule has 1 aliphatic heterocycles. The van der Waals surface area contributed by atoms with Crippen molar-refractivity contribution in [1.82, 2.24) is 0 Å². The Balaban J connectivity index is 1.68. The molecule has 0 radical (unpaired) electrons. The van der Waals surface area contributed by atoms with Crippen molar-refractivity contribution in [2.75, 3.05) is 12.1 Å². The molecule has 0 saturated heterocycles. The minimum absolute atomic E-state index is 0.198. The monoisotopic (exact) mass is 347 g/mol. The molecular weight excluding hydrogens is 330 g/mol. The number of fused-ring (bicyclic) bond motifs is 1. The van der Waals surface area contributed by atoms with E-state index in [4.69, 9.17) is 25.8 Å². The first-order valence-corrected chi connectivity index (χ1v) is 8.08. The number of anilines is 1. The van der Waals surface area contributed by atoms with E-state index in [-0.39, 0.29) is 12.7 Å². The normalized spacial score (nSPS) is 13.5. The van der Waals surface area contributed by atoms with E-state index < -0.39 is 6.10 Å². The lowest BCUT2D eigenvalue weighted by Crippen LogP contribution is -2.32. The molecule has 1 N–H and O–H groups in total. The molecule has 1 amide bonds. The van der Waals surface area contributed by atoms with Crippen LogP contribution in [0.2, 0.25) is 5.02 Å². The van der Waals surface area contributed by atoms with Crippen LogP contribution in [-0.4, -0.2) is 18.8 Å². The fraction of sp³-hybridized carbons (Fsp3) is 0.278. The molecule has 0 saturated carbocycles. The van der Waals surface area contributed by atoms with Crippen molar-refractivity contribution in [1.29, 1.82) is 0 Å². The van der Waals surface area contributed by atoms with Crippen molar-refractivity contribution in [2.45, 2.75) is 26.4 Å². The lowest BCUT2D eigenvalue weighted by atomic mass is 10.2. The van der Waals surface area contributed by atoms with Gasteiger partial charge >= 0.3 is 0 Å². The van der Waals surface area contributed by atoms with E-state index in [2.05, 4.69) is 5.32 Å². The van der Waals surface area contributed by atoms with Crippen molar-refractivity contribution in [2.24, 2.45) is 0 Å². The van der Waals surface area contributed by atoms with Gasteiger partial charge < -0.3 is 19.5 Å². The molecule has 0 aliphatic carbocycles. The van der Waals surface area contributed by atoms with Crippen LogP contribution in [0.15, 0.2) is 36.4 Å². The maximum absolute atomic E-state index is 12.5. The van der Waals surface area contributed by atoms with Crippen molar-refractivity contribution in [3.8, 4) is 17.2 Å². The van der Waals surface area contributed by atoms with Crippen molar-refractivity contribution in [3.63, 3.8) is 0 Å². The van der Waals surface area contributed by atoms with E-state index in [0.717, 1.165) is 5.56 Å². The number of carbonyl (C=O) groups is 1. The largest absolute Gasteiger partial charge is 0.481 e. The standard InChI is InChI=1S/C18H18ClNO4/c1-3-15(24-13-5-6-14(19)11(2)8-13)18(21)20-12-4-7-16-17(9-12)23-10-22-16/h4-9,15H,3,10H2,1-2H3,(H,20,21)/t15-/m1/s1. The second-order valence-corrected chi connectivity index (χ2v) is 5.89. The zero-order chi connectivity index (χ0) is 17.1. The molecule has 6 heteroatoms. The van der Waals surface area contributed by atoms with Gasteiger partial charge in [0.1, 0.15) is 5.75 Å². The number of aryl methyl sites for hydroxylation is 1. The summed E-state index contributed by atoms with van der Waals surface area (Å²) in [4.78, 5) is 12.5. The number of benzene rings is 2. The Morgan fingerprint density at radius 2 is 2.04 bits per heavy atom. The topological polar surface area (TPSA) is 56.8 Å². The van der Waals surface area contributed by atoms with Crippen molar-refractivity contribution >= 4 is 23.2 Å². The van der Waals surface area contributed by atoms with Gasteiger partial charge in [0.05, 0.1) is 0 Å². The van der Waals surface area contributed by atoms with Crippen LogP contribution in [-0.2, 0) is 4.79 Å².